The Balaban J connectivity index is 1.88. The summed E-state index contributed by atoms with van der Waals surface area (Å²) in [5.74, 6) is 0.435. The van der Waals surface area contributed by atoms with Crippen LogP contribution in [-0.4, -0.2) is 17.0 Å². The summed E-state index contributed by atoms with van der Waals surface area (Å²) in [6, 6.07) is 15.6. The van der Waals surface area contributed by atoms with E-state index in [0.717, 1.165) is 27.3 Å². The molecule has 2 aromatic carbocycles. The van der Waals surface area contributed by atoms with Gasteiger partial charge in [-0.25, -0.2) is 4.98 Å². The maximum absolute atomic E-state index is 12.1. The normalized spacial score (nSPS) is 10.5. The average molecular weight is 352 g/mol. The molecule has 0 radical (unpaired) electrons. The van der Waals surface area contributed by atoms with Crippen LogP contribution in [-0.2, 0) is 0 Å². The molecule has 0 amide bonds. The van der Waals surface area contributed by atoms with E-state index >= 15 is 0 Å². The second-order valence-electron chi connectivity index (χ2n) is 5.73. The van der Waals surface area contributed by atoms with E-state index in [1.54, 1.807) is 0 Å². The van der Waals surface area contributed by atoms with Gasteiger partial charge in [-0.2, -0.15) is 0 Å². The van der Waals surface area contributed by atoms with Gasteiger partial charge in [0.15, 0.2) is 0 Å². The number of aryl methyl sites for hydroxylation is 2. The van der Waals surface area contributed by atoms with E-state index in [1.165, 1.54) is 18.0 Å². The summed E-state index contributed by atoms with van der Waals surface area (Å²) >= 11 is 1.40. The van der Waals surface area contributed by atoms with E-state index in [-0.39, 0.29) is 5.56 Å². The van der Waals surface area contributed by atoms with Crippen molar-refractivity contribution in [3.8, 4) is 11.3 Å². The monoisotopic (exact) mass is 352 g/mol. The molecule has 0 aliphatic carbocycles. The van der Waals surface area contributed by atoms with Crippen molar-refractivity contribution in [1.82, 2.24) is 9.97 Å². The van der Waals surface area contributed by atoms with Gasteiger partial charge in [0.2, 0.25) is 5.95 Å². The van der Waals surface area contributed by atoms with Crippen molar-refractivity contribution in [2.24, 2.45) is 0 Å². The van der Waals surface area contributed by atoms with Gasteiger partial charge in [-0.1, -0.05) is 24.3 Å². The molecule has 0 saturated heterocycles. The van der Waals surface area contributed by atoms with Gasteiger partial charge in [-0.3, -0.25) is 14.5 Å². The summed E-state index contributed by atoms with van der Waals surface area (Å²) in [5, 5.41) is 3.10. The lowest BCUT2D eigenvalue weighted by molar-refractivity contribution is 1.13. The zero-order valence-electron chi connectivity index (χ0n) is 14.4. The number of aromatic nitrogens is 2. The quantitative estimate of drug-likeness (QED) is 0.600. The van der Waals surface area contributed by atoms with Gasteiger partial charge in [-0.05, 0) is 55.1 Å². The summed E-state index contributed by atoms with van der Waals surface area (Å²) in [6.45, 7) is 4.05. The summed E-state index contributed by atoms with van der Waals surface area (Å²) in [7, 11) is 1.88. The van der Waals surface area contributed by atoms with Gasteiger partial charge in [-0.15, -0.1) is 0 Å². The lowest BCUT2D eigenvalue weighted by atomic mass is 10.00. The highest BCUT2D eigenvalue weighted by Crippen LogP contribution is 2.26. The van der Waals surface area contributed by atoms with Crippen molar-refractivity contribution in [3.05, 3.63) is 70.0 Å². The molecular formula is C19H20N4OS. The van der Waals surface area contributed by atoms with Crippen molar-refractivity contribution in [3.63, 3.8) is 0 Å². The Morgan fingerprint density at radius 3 is 2.48 bits per heavy atom. The van der Waals surface area contributed by atoms with Crippen molar-refractivity contribution in [2.45, 2.75) is 18.7 Å². The van der Waals surface area contributed by atoms with Crippen molar-refractivity contribution in [1.29, 1.82) is 0 Å². The molecule has 0 spiro atoms. The number of nitrogens with zero attached hydrogens (tertiary/aromatic N) is 1. The number of benzene rings is 2. The molecule has 1 aromatic heterocycles. The van der Waals surface area contributed by atoms with Gasteiger partial charge in [0.1, 0.15) is 0 Å². The highest BCUT2D eigenvalue weighted by atomic mass is 32.2. The highest BCUT2D eigenvalue weighted by Gasteiger charge is 2.09. The average Bonchev–Trinajstić information content (AvgIpc) is 2.60. The van der Waals surface area contributed by atoms with Crippen LogP contribution in [0.3, 0.4) is 0 Å². The molecule has 128 valence electrons. The lowest BCUT2D eigenvalue weighted by Gasteiger charge is -2.11. The van der Waals surface area contributed by atoms with E-state index in [0.29, 0.717) is 11.6 Å². The third kappa shape index (κ3) is 4.03. The molecule has 0 aliphatic rings. The fourth-order valence-electron chi connectivity index (χ4n) is 2.67. The number of hydrogen-bond donors (Lipinski definition) is 3. The minimum atomic E-state index is -0.181. The topological polar surface area (TPSA) is 69.8 Å². The molecule has 3 rings (SSSR count). The molecule has 3 N–H and O–H groups in total. The van der Waals surface area contributed by atoms with Crippen LogP contribution in [0.4, 0.5) is 11.6 Å². The summed E-state index contributed by atoms with van der Waals surface area (Å²) in [4.78, 5) is 20.4. The number of rotatable bonds is 5. The van der Waals surface area contributed by atoms with Gasteiger partial charge < -0.3 is 5.32 Å². The fourth-order valence-corrected chi connectivity index (χ4v) is 3.32. The molecule has 0 unspecified atom stereocenters. The Morgan fingerprint density at radius 1 is 1.04 bits per heavy atom. The summed E-state index contributed by atoms with van der Waals surface area (Å²) < 4.78 is 3.12. The molecule has 5 nitrogen and oxygen atoms in total. The van der Waals surface area contributed by atoms with Gasteiger partial charge in [0.05, 0.1) is 5.69 Å². The van der Waals surface area contributed by atoms with Crippen LogP contribution in [0.1, 0.15) is 11.1 Å². The molecule has 3 aromatic rings. The molecule has 1 heterocycles. The SMILES string of the molecule is CNc1cccc(SNc2nc(-c3c(C)cccc3C)cc(=O)[nH]2)c1. The predicted octanol–water partition coefficient (Wildman–Crippen LogP) is 4.21. The first kappa shape index (κ1) is 17.1. The Kier molecular flexibility index (Phi) is 5.09. The second kappa shape index (κ2) is 7.44. The van der Waals surface area contributed by atoms with E-state index in [4.69, 9.17) is 0 Å². The number of nitrogens with one attached hydrogen (secondary N) is 3. The van der Waals surface area contributed by atoms with Crippen LogP contribution in [0.25, 0.3) is 11.3 Å². The first-order valence-electron chi connectivity index (χ1n) is 7.95. The van der Waals surface area contributed by atoms with Crippen LogP contribution < -0.4 is 15.6 Å². The van der Waals surface area contributed by atoms with Crippen LogP contribution >= 0.6 is 11.9 Å². The summed E-state index contributed by atoms with van der Waals surface area (Å²) in [5.41, 5.74) is 4.71. The number of H-pyrrole nitrogens is 1. The van der Waals surface area contributed by atoms with Gasteiger partial charge in [0.25, 0.3) is 5.56 Å². The van der Waals surface area contributed by atoms with Crippen molar-refractivity contribution >= 4 is 23.6 Å². The standard InChI is InChI=1S/C19H20N4OS/c1-12-6-4-7-13(2)18(12)16-11-17(24)22-19(21-16)23-25-15-9-5-8-14(10-15)20-3/h4-11,20H,1-3H3,(H2,21,22,23,24). The van der Waals surface area contributed by atoms with Crippen molar-refractivity contribution in [2.75, 3.05) is 17.1 Å². The third-order valence-electron chi connectivity index (χ3n) is 3.87. The Morgan fingerprint density at radius 2 is 1.76 bits per heavy atom. The fraction of sp³-hybridized carbons (Fsp3) is 0.158. The first-order chi connectivity index (χ1) is 12.1. The van der Waals surface area contributed by atoms with Crippen molar-refractivity contribution < 1.29 is 0 Å². The largest absolute Gasteiger partial charge is 0.388 e. The van der Waals surface area contributed by atoms with Crippen LogP contribution in [0.2, 0.25) is 0 Å². The maximum atomic E-state index is 12.1. The maximum Gasteiger partial charge on any atom is 0.252 e. The smallest absolute Gasteiger partial charge is 0.252 e. The molecule has 0 aliphatic heterocycles. The van der Waals surface area contributed by atoms with E-state index in [2.05, 4.69) is 20.0 Å². The molecule has 25 heavy (non-hydrogen) atoms. The van der Waals surface area contributed by atoms with Gasteiger partial charge >= 0.3 is 0 Å². The minimum Gasteiger partial charge on any atom is -0.388 e. The van der Waals surface area contributed by atoms with Crippen LogP contribution in [0.5, 0.6) is 0 Å². The summed E-state index contributed by atoms with van der Waals surface area (Å²) in [6.07, 6.45) is 0. The van der Waals surface area contributed by atoms with E-state index < -0.39 is 0 Å². The number of hydrogen-bond acceptors (Lipinski definition) is 5. The Hall–Kier alpha value is -2.73. The Bertz CT molecular complexity index is 932. The van der Waals surface area contributed by atoms with Gasteiger partial charge in [0, 0.05) is 29.3 Å². The highest BCUT2D eigenvalue weighted by molar-refractivity contribution is 8.00. The molecule has 0 bridgehead atoms. The first-order valence-corrected chi connectivity index (χ1v) is 8.77. The van der Waals surface area contributed by atoms with E-state index in [1.807, 2.05) is 63.4 Å². The minimum absolute atomic E-state index is 0.181. The van der Waals surface area contributed by atoms with Crippen LogP contribution in [0.15, 0.2) is 58.2 Å². The second-order valence-corrected chi connectivity index (χ2v) is 6.61. The predicted molar refractivity (Wildman–Crippen MR) is 105 cm³/mol. The zero-order valence-corrected chi connectivity index (χ0v) is 15.2. The van der Waals surface area contributed by atoms with E-state index in [9.17, 15) is 4.79 Å². The number of aromatic amines is 1. The molecule has 6 heteroatoms. The lowest BCUT2D eigenvalue weighted by Crippen LogP contribution is -2.10. The Labute approximate surface area is 151 Å². The molecule has 0 atom stereocenters. The molecular weight excluding hydrogens is 332 g/mol. The third-order valence-corrected chi connectivity index (χ3v) is 4.65. The molecule has 0 saturated carbocycles. The number of anilines is 2. The van der Waals surface area contributed by atoms with Crippen LogP contribution in [0, 0.1) is 13.8 Å². The molecule has 0 fully saturated rings. The zero-order chi connectivity index (χ0) is 17.8.